The number of amides is 1. The zero-order chi connectivity index (χ0) is 16.2. The van der Waals surface area contributed by atoms with Crippen LogP contribution in [0.2, 0.25) is 0 Å². The number of rotatable bonds is 4. The second-order valence-corrected chi connectivity index (χ2v) is 6.10. The number of carbonyl (C=O) groups excluding carboxylic acids is 1. The molecule has 4 nitrogen and oxygen atoms in total. The average Bonchev–Trinajstić information content (AvgIpc) is 2.95. The third-order valence-corrected chi connectivity index (χ3v) is 3.89. The van der Waals surface area contributed by atoms with E-state index in [0.717, 1.165) is 11.1 Å². The number of pyridine rings is 1. The van der Waals surface area contributed by atoms with Crippen LogP contribution in [0.25, 0.3) is 6.08 Å². The van der Waals surface area contributed by atoms with Gasteiger partial charge in [0.05, 0.1) is 6.54 Å². The van der Waals surface area contributed by atoms with Crippen molar-refractivity contribution < 1.29 is 13.9 Å². The van der Waals surface area contributed by atoms with Crippen LogP contribution in [0.3, 0.4) is 0 Å². The minimum absolute atomic E-state index is 0.227. The number of halogens is 2. The maximum atomic E-state index is 13.8. The van der Waals surface area contributed by atoms with Crippen LogP contribution in [0.15, 0.2) is 47.2 Å². The zero-order valence-electron chi connectivity index (χ0n) is 12.1. The molecule has 1 aliphatic heterocycles. The first kappa shape index (κ1) is 15.7. The van der Waals surface area contributed by atoms with Crippen molar-refractivity contribution in [3.05, 3.63) is 64.2 Å². The van der Waals surface area contributed by atoms with Gasteiger partial charge in [-0.05, 0) is 29.8 Å². The summed E-state index contributed by atoms with van der Waals surface area (Å²) in [5, 5.41) is 2.76. The topological polar surface area (TPSA) is 51.2 Å². The molecule has 2 heterocycles. The largest absolute Gasteiger partial charge is 0.485 e. The second kappa shape index (κ2) is 6.91. The molecule has 3 rings (SSSR count). The molecule has 23 heavy (non-hydrogen) atoms. The number of carbonyl (C=O) groups is 1. The first-order chi connectivity index (χ1) is 11.1. The fourth-order valence-corrected chi connectivity index (χ4v) is 2.86. The van der Waals surface area contributed by atoms with E-state index in [-0.39, 0.29) is 23.6 Å². The summed E-state index contributed by atoms with van der Waals surface area (Å²) in [6.45, 7) is 0.321. The number of hydrogen-bond donors (Lipinski definition) is 1. The molecule has 0 bridgehead atoms. The molecule has 1 amide bonds. The van der Waals surface area contributed by atoms with E-state index >= 15 is 0 Å². The lowest BCUT2D eigenvalue weighted by Crippen LogP contribution is -2.33. The molecule has 1 N–H and O–H groups in total. The third-order valence-electron chi connectivity index (χ3n) is 3.43. The van der Waals surface area contributed by atoms with Gasteiger partial charge in [-0.3, -0.25) is 9.78 Å². The number of ether oxygens (including phenoxy) is 1. The minimum Gasteiger partial charge on any atom is -0.485 e. The highest BCUT2D eigenvalue weighted by Gasteiger charge is 2.26. The van der Waals surface area contributed by atoms with Gasteiger partial charge in [-0.15, -0.1) is 0 Å². The first-order valence-electron chi connectivity index (χ1n) is 7.12. The third kappa shape index (κ3) is 3.96. The van der Waals surface area contributed by atoms with Crippen LogP contribution in [0.5, 0.6) is 5.75 Å². The van der Waals surface area contributed by atoms with Gasteiger partial charge < -0.3 is 10.1 Å². The van der Waals surface area contributed by atoms with Gasteiger partial charge >= 0.3 is 0 Å². The van der Waals surface area contributed by atoms with E-state index < -0.39 is 0 Å². The van der Waals surface area contributed by atoms with E-state index in [1.807, 2.05) is 12.1 Å². The number of nitrogens with one attached hydrogen (secondary N) is 1. The van der Waals surface area contributed by atoms with E-state index in [1.165, 1.54) is 12.1 Å². The highest BCUT2D eigenvalue weighted by Crippen LogP contribution is 2.34. The van der Waals surface area contributed by atoms with Gasteiger partial charge in [0.1, 0.15) is 6.10 Å². The summed E-state index contributed by atoms with van der Waals surface area (Å²) in [6.07, 6.45) is 6.77. The molecule has 2 aromatic rings. The van der Waals surface area contributed by atoms with Gasteiger partial charge in [-0.2, -0.15) is 0 Å². The van der Waals surface area contributed by atoms with Crippen molar-refractivity contribution in [1.82, 2.24) is 10.3 Å². The molecule has 1 atom stereocenters. The first-order valence-corrected chi connectivity index (χ1v) is 7.91. The molecule has 1 aromatic carbocycles. The highest BCUT2D eigenvalue weighted by atomic mass is 79.9. The number of hydrogen-bond acceptors (Lipinski definition) is 3. The Morgan fingerprint density at radius 3 is 3.17 bits per heavy atom. The fourth-order valence-electron chi connectivity index (χ4n) is 2.38. The summed E-state index contributed by atoms with van der Waals surface area (Å²) in [7, 11) is 0. The van der Waals surface area contributed by atoms with E-state index in [1.54, 1.807) is 24.5 Å². The lowest BCUT2D eigenvalue weighted by Gasteiger charge is -2.10. The van der Waals surface area contributed by atoms with Crippen molar-refractivity contribution in [2.75, 3.05) is 6.54 Å². The van der Waals surface area contributed by atoms with Crippen LogP contribution in [-0.2, 0) is 11.2 Å². The lowest BCUT2D eigenvalue weighted by molar-refractivity contribution is -0.116. The molecule has 0 aliphatic carbocycles. The van der Waals surface area contributed by atoms with Crippen molar-refractivity contribution in [1.29, 1.82) is 0 Å². The van der Waals surface area contributed by atoms with Gasteiger partial charge in [0, 0.05) is 34.9 Å². The highest BCUT2D eigenvalue weighted by molar-refractivity contribution is 9.10. The van der Waals surface area contributed by atoms with Crippen molar-refractivity contribution in [3.8, 4) is 5.75 Å². The molecule has 0 spiro atoms. The summed E-state index contributed by atoms with van der Waals surface area (Å²) in [5.74, 6) is -0.340. The minimum atomic E-state index is -0.389. The van der Waals surface area contributed by atoms with E-state index in [4.69, 9.17) is 4.74 Å². The fraction of sp³-hybridized carbons (Fsp3) is 0.176. The normalized spacial score (nSPS) is 16.2. The zero-order valence-corrected chi connectivity index (χ0v) is 13.7. The quantitative estimate of drug-likeness (QED) is 0.834. The molecule has 0 radical (unpaired) electrons. The molecule has 0 saturated heterocycles. The van der Waals surface area contributed by atoms with Crippen molar-refractivity contribution in [2.24, 2.45) is 0 Å². The van der Waals surface area contributed by atoms with Gasteiger partial charge in [-0.25, -0.2) is 4.39 Å². The van der Waals surface area contributed by atoms with Crippen molar-refractivity contribution >= 4 is 27.9 Å². The van der Waals surface area contributed by atoms with Crippen LogP contribution < -0.4 is 10.1 Å². The maximum absolute atomic E-state index is 13.8. The Hall–Kier alpha value is -2.21. The Morgan fingerprint density at radius 1 is 1.52 bits per heavy atom. The van der Waals surface area contributed by atoms with Gasteiger partial charge in [0.25, 0.3) is 0 Å². The molecular formula is C17H14BrFN2O2. The van der Waals surface area contributed by atoms with E-state index in [0.29, 0.717) is 17.4 Å². The Kier molecular flexibility index (Phi) is 4.71. The monoisotopic (exact) mass is 376 g/mol. The van der Waals surface area contributed by atoms with Crippen molar-refractivity contribution in [3.63, 3.8) is 0 Å². The summed E-state index contributed by atoms with van der Waals surface area (Å²) in [5.41, 5.74) is 1.65. The smallest absolute Gasteiger partial charge is 0.244 e. The molecular weight excluding hydrogens is 363 g/mol. The number of nitrogens with zero attached hydrogens (tertiary/aromatic N) is 1. The van der Waals surface area contributed by atoms with E-state index in [9.17, 15) is 9.18 Å². The number of benzene rings is 1. The van der Waals surface area contributed by atoms with Gasteiger partial charge in [0.2, 0.25) is 5.91 Å². The van der Waals surface area contributed by atoms with Gasteiger partial charge in [0.15, 0.2) is 11.6 Å². The Bertz CT molecular complexity index is 750. The molecule has 1 aliphatic rings. The molecule has 6 heteroatoms. The Balaban J connectivity index is 1.53. The molecule has 0 saturated carbocycles. The average molecular weight is 377 g/mol. The Labute approximate surface area is 141 Å². The number of fused-ring (bicyclic) bond motifs is 1. The molecule has 1 aromatic heterocycles. The summed E-state index contributed by atoms with van der Waals surface area (Å²) in [4.78, 5) is 15.8. The summed E-state index contributed by atoms with van der Waals surface area (Å²) >= 11 is 3.26. The van der Waals surface area contributed by atoms with E-state index in [2.05, 4.69) is 26.2 Å². The lowest BCUT2D eigenvalue weighted by atomic mass is 10.1. The van der Waals surface area contributed by atoms with Gasteiger partial charge in [-0.1, -0.05) is 22.0 Å². The summed E-state index contributed by atoms with van der Waals surface area (Å²) in [6, 6.07) is 6.86. The maximum Gasteiger partial charge on any atom is 0.244 e. The second-order valence-electron chi connectivity index (χ2n) is 5.18. The van der Waals surface area contributed by atoms with Crippen LogP contribution in [-0.4, -0.2) is 23.5 Å². The SMILES string of the molecule is O=C(C=Cc1cccnc1)NCC1Cc2cc(Br)cc(F)c2O1. The molecule has 0 fully saturated rings. The molecule has 118 valence electrons. The van der Waals surface area contributed by atoms with Crippen LogP contribution in [0.4, 0.5) is 4.39 Å². The standard InChI is InChI=1S/C17H14BrFN2O2/c18-13-6-12-7-14(23-17(12)15(19)8-13)10-21-16(22)4-3-11-2-1-5-20-9-11/h1-6,8-9,14H,7,10H2,(H,21,22). The Morgan fingerprint density at radius 2 is 2.39 bits per heavy atom. The van der Waals surface area contributed by atoms with Crippen LogP contribution in [0.1, 0.15) is 11.1 Å². The van der Waals surface area contributed by atoms with Crippen LogP contribution in [0, 0.1) is 5.82 Å². The van der Waals surface area contributed by atoms with Crippen LogP contribution >= 0.6 is 15.9 Å². The predicted octanol–water partition coefficient (Wildman–Crippen LogP) is 3.12. The van der Waals surface area contributed by atoms with Crippen molar-refractivity contribution in [2.45, 2.75) is 12.5 Å². The predicted molar refractivity (Wildman–Crippen MR) is 88.5 cm³/mol. The number of aromatic nitrogens is 1. The molecule has 1 unspecified atom stereocenters. The summed E-state index contributed by atoms with van der Waals surface area (Å²) < 4.78 is 20.0.